The van der Waals surface area contributed by atoms with E-state index in [2.05, 4.69) is 14.8 Å². The Hall–Kier alpha value is -2.59. The van der Waals surface area contributed by atoms with Crippen molar-refractivity contribution in [1.29, 1.82) is 0 Å². The van der Waals surface area contributed by atoms with Gasteiger partial charge in [-0.1, -0.05) is 12.1 Å². The third kappa shape index (κ3) is 7.39. The van der Waals surface area contributed by atoms with Gasteiger partial charge in [-0.05, 0) is 55.8 Å². The molecule has 0 atom stereocenters. The van der Waals surface area contributed by atoms with E-state index in [0.717, 1.165) is 0 Å². The topological polar surface area (TPSA) is 84.5 Å². The molecule has 0 unspecified atom stereocenters. The summed E-state index contributed by atoms with van der Waals surface area (Å²) in [6, 6.07) is 11.1. The van der Waals surface area contributed by atoms with Gasteiger partial charge in [-0.2, -0.15) is 13.2 Å². The summed E-state index contributed by atoms with van der Waals surface area (Å²) < 4.78 is 67.6. The lowest BCUT2D eigenvalue weighted by atomic mass is 10.2. The molecule has 158 valence electrons. The van der Waals surface area contributed by atoms with Crippen LogP contribution in [0.15, 0.2) is 53.4 Å². The summed E-state index contributed by atoms with van der Waals surface area (Å²) in [5.41, 5.74) is 0.941. The molecular formula is C19H21F3N2O4S. The molecule has 2 aromatic carbocycles. The number of carbonyl (C=O) groups is 1. The smallest absolute Gasteiger partial charge is 0.422 e. The van der Waals surface area contributed by atoms with Crippen LogP contribution in [0.3, 0.4) is 0 Å². The number of amides is 1. The molecule has 29 heavy (non-hydrogen) atoms. The summed E-state index contributed by atoms with van der Waals surface area (Å²) in [4.78, 5) is 12.3. The highest BCUT2D eigenvalue weighted by atomic mass is 32.2. The molecule has 0 radical (unpaired) electrons. The maximum atomic E-state index is 12.2. The van der Waals surface area contributed by atoms with Crippen molar-refractivity contribution in [2.75, 3.05) is 6.61 Å². The Labute approximate surface area is 167 Å². The molecule has 2 rings (SSSR count). The van der Waals surface area contributed by atoms with E-state index in [-0.39, 0.29) is 28.8 Å². The van der Waals surface area contributed by atoms with E-state index in [1.54, 1.807) is 26.0 Å². The van der Waals surface area contributed by atoms with Gasteiger partial charge in [0.15, 0.2) is 6.61 Å². The van der Waals surface area contributed by atoms with E-state index in [1.807, 2.05) is 0 Å². The second kappa shape index (κ2) is 9.27. The number of halogens is 3. The SMILES string of the molecule is CC(C)NS(=O)(=O)c1ccc(C(=O)NCc2ccc(OCC(F)(F)F)cc2)cc1. The number of sulfonamides is 1. The van der Waals surface area contributed by atoms with E-state index in [9.17, 15) is 26.4 Å². The number of alkyl halides is 3. The Morgan fingerprint density at radius 1 is 1.03 bits per heavy atom. The predicted octanol–water partition coefficient (Wildman–Crippen LogP) is 3.24. The molecule has 0 heterocycles. The van der Waals surface area contributed by atoms with Crippen molar-refractivity contribution in [2.45, 2.75) is 37.5 Å². The van der Waals surface area contributed by atoms with Gasteiger partial charge in [-0.25, -0.2) is 13.1 Å². The summed E-state index contributed by atoms with van der Waals surface area (Å²) in [5, 5.41) is 2.66. The number of nitrogens with one attached hydrogen (secondary N) is 2. The molecule has 0 aliphatic rings. The van der Waals surface area contributed by atoms with Crippen LogP contribution in [-0.2, 0) is 16.6 Å². The van der Waals surface area contributed by atoms with Gasteiger partial charge >= 0.3 is 6.18 Å². The maximum absolute atomic E-state index is 12.2. The number of benzene rings is 2. The number of ether oxygens (including phenoxy) is 1. The van der Waals surface area contributed by atoms with E-state index in [4.69, 9.17) is 0 Å². The van der Waals surface area contributed by atoms with Crippen LogP contribution in [0.25, 0.3) is 0 Å². The van der Waals surface area contributed by atoms with Crippen molar-refractivity contribution >= 4 is 15.9 Å². The van der Waals surface area contributed by atoms with E-state index in [1.165, 1.54) is 36.4 Å². The second-order valence-corrected chi connectivity index (χ2v) is 8.24. The van der Waals surface area contributed by atoms with Crippen molar-refractivity contribution in [2.24, 2.45) is 0 Å². The molecule has 0 aliphatic carbocycles. The largest absolute Gasteiger partial charge is 0.484 e. The van der Waals surface area contributed by atoms with Crippen molar-refractivity contribution in [3.05, 3.63) is 59.7 Å². The normalized spacial score (nSPS) is 12.1. The molecule has 0 bridgehead atoms. The molecule has 6 nitrogen and oxygen atoms in total. The predicted molar refractivity (Wildman–Crippen MR) is 101 cm³/mol. The summed E-state index contributed by atoms with van der Waals surface area (Å²) >= 11 is 0. The van der Waals surface area contributed by atoms with Crippen LogP contribution in [0.1, 0.15) is 29.8 Å². The van der Waals surface area contributed by atoms with Gasteiger partial charge in [0.2, 0.25) is 10.0 Å². The first-order valence-electron chi connectivity index (χ1n) is 8.65. The summed E-state index contributed by atoms with van der Waals surface area (Å²) in [7, 11) is -3.64. The molecule has 2 aromatic rings. The van der Waals surface area contributed by atoms with E-state index in [0.29, 0.717) is 5.56 Å². The number of hydrogen-bond donors (Lipinski definition) is 2. The van der Waals surface area contributed by atoms with Gasteiger partial charge < -0.3 is 10.1 Å². The lowest BCUT2D eigenvalue weighted by molar-refractivity contribution is -0.153. The fourth-order valence-electron chi connectivity index (χ4n) is 2.32. The molecule has 0 aromatic heterocycles. The van der Waals surface area contributed by atoms with Crippen molar-refractivity contribution in [3.8, 4) is 5.75 Å². The Bertz CT molecular complexity index is 925. The first-order chi connectivity index (χ1) is 13.5. The third-order valence-corrected chi connectivity index (χ3v) is 5.27. The van der Waals surface area contributed by atoms with Crippen LogP contribution in [-0.4, -0.2) is 33.1 Å². The lowest BCUT2D eigenvalue weighted by Gasteiger charge is -2.11. The zero-order valence-electron chi connectivity index (χ0n) is 15.8. The minimum absolute atomic E-state index is 0.0530. The molecule has 10 heteroatoms. The van der Waals surface area contributed by atoms with Crippen LogP contribution >= 0.6 is 0 Å². The van der Waals surface area contributed by atoms with Crippen LogP contribution in [0.5, 0.6) is 5.75 Å². The molecular weight excluding hydrogens is 409 g/mol. The molecule has 1 amide bonds. The van der Waals surface area contributed by atoms with Gasteiger partial charge in [0.25, 0.3) is 5.91 Å². The molecule has 0 saturated carbocycles. The van der Waals surface area contributed by atoms with Crippen molar-refractivity contribution < 1.29 is 31.1 Å². The quantitative estimate of drug-likeness (QED) is 0.674. The molecule has 0 saturated heterocycles. The summed E-state index contributed by atoms with van der Waals surface area (Å²) in [6.07, 6.45) is -4.41. The van der Waals surface area contributed by atoms with Gasteiger partial charge in [0.1, 0.15) is 5.75 Å². The first-order valence-corrected chi connectivity index (χ1v) is 10.1. The van der Waals surface area contributed by atoms with Crippen molar-refractivity contribution in [1.82, 2.24) is 10.0 Å². The third-order valence-electron chi connectivity index (χ3n) is 3.60. The second-order valence-electron chi connectivity index (χ2n) is 6.53. The van der Waals surface area contributed by atoms with Gasteiger partial charge in [-0.15, -0.1) is 0 Å². The Morgan fingerprint density at radius 3 is 2.14 bits per heavy atom. The molecule has 0 spiro atoms. The summed E-state index contributed by atoms with van der Waals surface area (Å²) in [6.45, 7) is 2.18. The molecule has 0 aliphatic heterocycles. The zero-order valence-corrected chi connectivity index (χ0v) is 16.6. The minimum atomic E-state index is -4.41. The van der Waals surface area contributed by atoms with Gasteiger partial charge in [0, 0.05) is 18.2 Å². The first kappa shape index (κ1) is 22.7. The summed E-state index contributed by atoms with van der Waals surface area (Å²) in [5.74, 6) is -0.340. The van der Waals surface area contributed by atoms with Crippen LogP contribution in [0, 0.1) is 0 Å². The number of rotatable bonds is 8. The van der Waals surface area contributed by atoms with Gasteiger partial charge in [-0.3, -0.25) is 4.79 Å². The highest BCUT2D eigenvalue weighted by molar-refractivity contribution is 7.89. The maximum Gasteiger partial charge on any atom is 0.422 e. The number of hydrogen-bond acceptors (Lipinski definition) is 4. The van der Waals surface area contributed by atoms with Crippen LogP contribution in [0.2, 0.25) is 0 Å². The average Bonchev–Trinajstić information content (AvgIpc) is 2.64. The minimum Gasteiger partial charge on any atom is -0.484 e. The molecule has 2 N–H and O–H groups in total. The molecule has 0 fully saturated rings. The standard InChI is InChI=1S/C19H21F3N2O4S/c1-13(2)24-29(26,27)17-9-5-15(6-10-17)18(25)23-11-14-3-7-16(8-4-14)28-12-19(20,21)22/h3-10,13,24H,11-12H2,1-2H3,(H,23,25). The lowest BCUT2D eigenvalue weighted by Crippen LogP contribution is -2.30. The van der Waals surface area contributed by atoms with Crippen LogP contribution < -0.4 is 14.8 Å². The monoisotopic (exact) mass is 430 g/mol. The van der Waals surface area contributed by atoms with E-state index < -0.39 is 28.7 Å². The van der Waals surface area contributed by atoms with Crippen molar-refractivity contribution in [3.63, 3.8) is 0 Å². The van der Waals surface area contributed by atoms with Crippen LogP contribution in [0.4, 0.5) is 13.2 Å². The highest BCUT2D eigenvalue weighted by Gasteiger charge is 2.28. The zero-order chi connectivity index (χ0) is 21.7. The Balaban J connectivity index is 1.92. The average molecular weight is 430 g/mol. The van der Waals surface area contributed by atoms with Gasteiger partial charge in [0.05, 0.1) is 4.90 Å². The Kier molecular flexibility index (Phi) is 7.26. The number of carbonyl (C=O) groups excluding carboxylic acids is 1. The Morgan fingerprint density at radius 2 is 1.62 bits per heavy atom. The van der Waals surface area contributed by atoms with E-state index >= 15 is 0 Å². The fraction of sp³-hybridized carbons (Fsp3) is 0.316. The fourth-order valence-corrected chi connectivity index (χ4v) is 3.57. The highest BCUT2D eigenvalue weighted by Crippen LogP contribution is 2.19.